The maximum absolute atomic E-state index is 4.94. The highest BCUT2D eigenvalue weighted by Crippen LogP contribution is 2.10. The Bertz CT molecular complexity index is 605. The van der Waals surface area contributed by atoms with Gasteiger partial charge in [-0.05, 0) is 13.8 Å². The van der Waals surface area contributed by atoms with Crippen molar-refractivity contribution in [1.82, 2.24) is 25.3 Å². The first-order valence-corrected chi connectivity index (χ1v) is 7.66. The Morgan fingerprint density at radius 3 is 2.81 bits per heavy atom. The molecule has 114 valence electrons. The second-order valence-corrected chi connectivity index (χ2v) is 5.68. The normalized spacial score (nSPS) is 11.7. The average Bonchev–Trinajstić information content (AvgIpc) is 3.03. The van der Waals surface area contributed by atoms with Crippen molar-refractivity contribution in [2.45, 2.75) is 33.9 Å². The van der Waals surface area contributed by atoms with Crippen LogP contribution in [0.5, 0.6) is 0 Å². The van der Waals surface area contributed by atoms with Crippen molar-refractivity contribution in [3.05, 3.63) is 27.8 Å². The predicted octanol–water partition coefficient (Wildman–Crippen LogP) is 1.74. The number of aryl methyl sites for hydroxylation is 2. The maximum Gasteiger partial charge on any atom is 0.223 e. The van der Waals surface area contributed by atoms with Crippen molar-refractivity contribution in [2.24, 2.45) is 4.99 Å². The van der Waals surface area contributed by atoms with E-state index in [2.05, 4.69) is 30.8 Å². The third-order valence-corrected chi connectivity index (χ3v) is 3.52. The lowest BCUT2D eigenvalue weighted by molar-refractivity contribution is 0.387. The first-order chi connectivity index (χ1) is 10.1. The molecule has 0 spiro atoms. The molecule has 2 heterocycles. The van der Waals surface area contributed by atoms with Crippen LogP contribution in [0.4, 0.5) is 0 Å². The number of hydrogen-bond acceptors (Lipinski definition) is 6. The van der Waals surface area contributed by atoms with Gasteiger partial charge in [0.15, 0.2) is 11.8 Å². The Morgan fingerprint density at radius 2 is 2.24 bits per heavy atom. The molecule has 0 aromatic carbocycles. The van der Waals surface area contributed by atoms with Gasteiger partial charge in [0, 0.05) is 25.9 Å². The zero-order valence-electron chi connectivity index (χ0n) is 12.8. The summed E-state index contributed by atoms with van der Waals surface area (Å²) in [5.74, 6) is 1.93. The van der Waals surface area contributed by atoms with Gasteiger partial charge in [0.2, 0.25) is 5.89 Å². The molecular formula is C13H20N6OS. The second kappa shape index (κ2) is 7.16. The lowest BCUT2D eigenvalue weighted by Gasteiger charge is -2.20. The van der Waals surface area contributed by atoms with Crippen LogP contribution in [0.1, 0.15) is 29.3 Å². The molecule has 21 heavy (non-hydrogen) atoms. The Morgan fingerprint density at radius 1 is 1.43 bits per heavy atom. The molecule has 0 atom stereocenters. The van der Waals surface area contributed by atoms with Gasteiger partial charge in [-0.2, -0.15) is 4.98 Å². The number of nitrogens with one attached hydrogen (secondary N) is 1. The number of guanidine groups is 1. The van der Waals surface area contributed by atoms with Gasteiger partial charge in [0.05, 0.1) is 17.2 Å². The third kappa shape index (κ3) is 4.52. The van der Waals surface area contributed by atoms with Crippen molar-refractivity contribution in [2.75, 3.05) is 13.6 Å². The number of aliphatic imine (C=N–C) groups is 1. The molecule has 2 rings (SSSR count). The molecule has 0 bridgehead atoms. The summed E-state index contributed by atoms with van der Waals surface area (Å²) >= 11 is 1.65. The van der Waals surface area contributed by atoms with E-state index in [1.54, 1.807) is 18.3 Å². The van der Waals surface area contributed by atoms with Crippen molar-refractivity contribution in [1.29, 1.82) is 0 Å². The van der Waals surface area contributed by atoms with Crippen LogP contribution in [0.25, 0.3) is 0 Å². The quantitative estimate of drug-likeness (QED) is 0.669. The fraction of sp³-hybridized carbons (Fsp3) is 0.538. The van der Waals surface area contributed by atoms with Gasteiger partial charge >= 0.3 is 0 Å². The van der Waals surface area contributed by atoms with E-state index in [0.29, 0.717) is 24.8 Å². The first kappa shape index (κ1) is 15.4. The smallest absolute Gasteiger partial charge is 0.223 e. The highest BCUT2D eigenvalue weighted by atomic mass is 32.1. The van der Waals surface area contributed by atoms with E-state index in [9.17, 15) is 0 Å². The zero-order chi connectivity index (χ0) is 15.2. The van der Waals surface area contributed by atoms with E-state index in [0.717, 1.165) is 23.2 Å². The number of rotatable bonds is 5. The number of thiazole rings is 1. The highest BCUT2D eigenvalue weighted by Gasteiger charge is 2.09. The minimum absolute atomic E-state index is 0.389. The van der Waals surface area contributed by atoms with Crippen LogP contribution in [0, 0.1) is 13.8 Å². The fourth-order valence-electron chi connectivity index (χ4n) is 1.82. The van der Waals surface area contributed by atoms with E-state index in [1.165, 1.54) is 0 Å². The summed E-state index contributed by atoms with van der Waals surface area (Å²) in [6, 6.07) is 0. The largest absolute Gasteiger partial charge is 0.357 e. The van der Waals surface area contributed by atoms with Crippen LogP contribution in [0.3, 0.4) is 0 Å². The summed E-state index contributed by atoms with van der Waals surface area (Å²) in [5.41, 5.74) is 1.04. The van der Waals surface area contributed by atoms with Crippen molar-refractivity contribution < 1.29 is 4.52 Å². The van der Waals surface area contributed by atoms with Crippen LogP contribution >= 0.6 is 11.3 Å². The highest BCUT2D eigenvalue weighted by molar-refractivity contribution is 7.09. The summed E-state index contributed by atoms with van der Waals surface area (Å²) in [6.45, 7) is 7.70. The van der Waals surface area contributed by atoms with Gasteiger partial charge in [0.1, 0.15) is 6.54 Å². The molecule has 0 amide bonds. The maximum atomic E-state index is 4.94. The number of aromatic nitrogens is 3. The van der Waals surface area contributed by atoms with E-state index >= 15 is 0 Å². The van der Waals surface area contributed by atoms with Gasteiger partial charge in [-0.3, -0.25) is 0 Å². The topological polar surface area (TPSA) is 79.4 Å². The van der Waals surface area contributed by atoms with Crippen LogP contribution in [0.2, 0.25) is 0 Å². The SMILES string of the molecule is CCNC(=NCc1noc(C)n1)N(C)Cc1csc(C)n1. The Labute approximate surface area is 128 Å². The molecule has 0 radical (unpaired) electrons. The second-order valence-electron chi connectivity index (χ2n) is 4.61. The van der Waals surface area contributed by atoms with Gasteiger partial charge < -0.3 is 14.7 Å². The third-order valence-electron chi connectivity index (χ3n) is 2.70. The molecule has 7 nitrogen and oxygen atoms in total. The lowest BCUT2D eigenvalue weighted by Crippen LogP contribution is -2.38. The monoisotopic (exact) mass is 308 g/mol. The Kier molecular flexibility index (Phi) is 5.26. The standard InChI is InChI=1S/C13H20N6OS/c1-5-14-13(15-6-12-16-9(2)20-18-12)19(4)7-11-8-21-10(3)17-11/h8H,5-7H2,1-4H3,(H,14,15). The summed E-state index contributed by atoms with van der Waals surface area (Å²) in [4.78, 5) is 15.2. The summed E-state index contributed by atoms with van der Waals surface area (Å²) in [6.07, 6.45) is 0. The van der Waals surface area contributed by atoms with Crippen LogP contribution in [0.15, 0.2) is 14.9 Å². The molecule has 0 unspecified atom stereocenters. The van der Waals surface area contributed by atoms with Gasteiger partial charge in [-0.15, -0.1) is 11.3 Å². The van der Waals surface area contributed by atoms with Gasteiger partial charge in [-0.1, -0.05) is 5.16 Å². The summed E-state index contributed by atoms with van der Waals surface area (Å²) < 4.78 is 4.94. The van der Waals surface area contributed by atoms with E-state index in [-0.39, 0.29) is 0 Å². The predicted molar refractivity (Wildman–Crippen MR) is 82.2 cm³/mol. The molecule has 0 aliphatic heterocycles. The van der Waals surface area contributed by atoms with E-state index < -0.39 is 0 Å². The minimum Gasteiger partial charge on any atom is -0.357 e. The molecule has 0 fully saturated rings. The lowest BCUT2D eigenvalue weighted by atomic mass is 10.4. The van der Waals surface area contributed by atoms with Crippen LogP contribution in [-0.4, -0.2) is 39.6 Å². The molecule has 0 saturated heterocycles. The van der Waals surface area contributed by atoms with Crippen molar-refractivity contribution in [3.8, 4) is 0 Å². The van der Waals surface area contributed by atoms with Gasteiger partial charge in [0.25, 0.3) is 0 Å². The molecule has 0 aliphatic rings. The van der Waals surface area contributed by atoms with Crippen molar-refractivity contribution >= 4 is 17.3 Å². The van der Waals surface area contributed by atoms with E-state index in [1.807, 2.05) is 25.8 Å². The van der Waals surface area contributed by atoms with E-state index in [4.69, 9.17) is 4.52 Å². The van der Waals surface area contributed by atoms with Gasteiger partial charge in [-0.25, -0.2) is 9.98 Å². The van der Waals surface area contributed by atoms with Crippen LogP contribution in [-0.2, 0) is 13.1 Å². The minimum atomic E-state index is 0.389. The molecule has 2 aromatic heterocycles. The summed E-state index contributed by atoms with van der Waals surface area (Å²) in [5, 5.41) is 10.2. The fourth-order valence-corrected chi connectivity index (χ4v) is 2.42. The van der Waals surface area contributed by atoms with Crippen molar-refractivity contribution in [3.63, 3.8) is 0 Å². The average molecular weight is 308 g/mol. The molecular weight excluding hydrogens is 288 g/mol. The number of hydrogen-bond donors (Lipinski definition) is 1. The molecule has 2 aromatic rings. The molecule has 8 heteroatoms. The first-order valence-electron chi connectivity index (χ1n) is 6.78. The van der Waals surface area contributed by atoms with Crippen LogP contribution < -0.4 is 5.32 Å². The summed E-state index contributed by atoms with van der Waals surface area (Å²) in [7, 11) is 1.98. The molecule has 0 saturated carbocycles. The Balaban J connectivity index is 2.02. The zero-order valence-corrected chi connectivity index (χ0v) is 13.6. The molecule has 1 N–H and O–H groups in total. The Hall–Kier alpha value is -1.96. The number of nitrogens with zero attached hydrogens (tertiary/aromatic N) is 5. The molecule has 0 aliphatic carbocycles.